The summed E-state index contributed by atoms with van der Waals surface area (Å²) < 4.78 is 23.6. The summed E-state index contributed by atoms with van der Waals surface area (Å²) in [7, 11) is 1.55. The second kappa shape index (κ2) is 42.7. The van der Waals surface area contributed by atoms with Crippen LogP contribution in [0.25, 0.3) is 0 Å². The molecule has 0 heterocycles. The van der Waals surface area contributed by atoms with Crippen molar-refractivity contribution in [3.8, 4) is 0 Å². The summed E-state index contributed by atoms with van der Waals surface area (Å²) >= 11 is 0. The largest absolute Gasteiger partial charge is 0.472 e. The molecule has 0 aliphatic rings. The van der Waals surface area contributed by atoms with Gasteiger partial charge in [-0.3, -0.25) is 13.8 Å². The van der Waals surface area contributed by atoms with Crippen molar-refractivity contribution in [1.82, 2.24) is 5.32 Å². The topological polar surface area (TPSA) is 105 Å². The molecular formula is C51H98N2O6P+. The van der Waals surface area contributed by atoms with E-state index in [0.717, 1.165) is 51.4 Å². The standard InChI is InChI=1S/C51H97N2O6P/c1-6-8-10-12-14-16-18-20-22-23-24-25-26-27-28-29-31-33-35-37-39-41-43-45-51(55)52-49(48-59-60(56,57)58-47-46-53(3,4)5)50(54)44-42-40-38-36-34-32-30-21-19-17-15-13-11-9-7-2/h24-25,27-28,34,36,42,44,49-50,54H,6-23,26,29-33,35,37-41,43,45-48H2,1-5H3,(H-,52,55,56,57)/p+1/b25-24-,28-27-,36-34+,44-42+. The summed E-state index contributed by atoms with van der Waals surface area (Å²) in [6, 6.07) is -0.868. The van der Waals surface area contributed by atoms with Gasteiger partial charge in [0, 0.05) is 6.42 Å². The summed E-state index contributed by atoms with van der Waals surface area (Å²) in [6.07, 6.45) is 54.8. The Morgan fingerprint density at radius 1 is 0.567 bits per heavy atom. The lowest BCUT2D eigenvalue weighted by Crippen LogP contribution is -2.45. The third-order valence-electron chi connectivity index (χ3n) is 11.0. The van der Waals surface area contributed by atoms with Gasteiger partial charge in [-0.05, 0) is 64.2 Å². The number of phosphoric ester groups is 1. The molecule has 60 heavy (non-hydrogen) atoms. The molecule has 3 N–H and O–H groups in total. The molecule has 8 nitrogen and oxygen atoms in total. The van der Waals surface area contributed by atoms with Crippen molar-refractivity contribution in [1.29, 1.82) is 0 Å². The average molecular weight is 866 g/mol. The Labute approximate surface area is 371 Å². The van der Waals surface area contributed by atoms with Gasteiger partial charge >= 0.3 is 7.82 Å². The van der Waals surface area contributed by atoms with E-state index in [2.05, 4.69) is 55.6 Å². The third-order valence-corrected chi connectivity index (χ3v) is 12.0. The molecule has 3 atom stereocenters. The number of carbonyl (C=O) groups is 1. The first-order valence-corrected chi connectivity index (χ1v) is 26.5. The average Bonchev–Trinajstić information content (AvgIpc) is 3.20. The van der Waals surface area contributed by atoms with Gasteiger partial charge < -0.3 is 19.8 Å². The number of phosphoric acid groups is 1. The SMILES string of the molecule is CCCCCCCCCCC/C=C\C/C=C\CCCCCCCCCC(=O)NC(COP(=O)(O)OCC[N+](C)(C)C)C(O)/C=C/CC/C=C/CCCCCCCCCCC. The van der Waals surface area contributed by atoms with Crippen molar-refractivity contribution in [2.24, 2.45) is 0 Å². The van der Waals surface area contributed by atoms with E-state index in [1.807, 2.05) is 27.2 Å². The molecule has 0 saturated heterocycles. The number of allylic oxidation sites excluding steroid dienone is 7. The van der Waals surface area contributed by atoms with Crippen molar-refractivity contribution < 1.29 is 32.9 Å². The zero-order chi connectivity index (χ0) is 44.3. The number of aliphatic hydroxyl groups is 1. The van der Waals surface area contributed by atoms with Crippen LogP contribution in [0.1, 0.15) is 219 Å². The first kappa shape index (κ1) is 58.5. The lowest BCUT2D eigenvalue weighted by molar-refractivity contribution is -0.870. The van der Waals surface area contributed by atoms with Gasteiger partial charge in [-0.2, -0.15) is 0 Å². The number of aliphatic hydroxyl groups excluding tert-OH is 1. The van der Waals surface area contributed by atoms with E-state index in [1.165, 1.54) is 148 Å². The molecule has 1 amide bonds. The second-order valence-corrected chi connectivity index (χ2v) is 19.6. The highest BCUT2D eigenvalue weighted by molar-refractivity contribution is 7.47. The van der Waals surface area contributed by atoms with Gasteiger partial charge in [0.05, 0.1) is 39.9 Å². The number of quaternary nitrogens is 1. The van der Waals surface area contributed by atoms with Crippen LogP contribution in [0.4, 0.5) is 0 Å². The summed E-state index contributed by atoms with van der Waals surface area (Å²) in [5.41, 5.74) is 0. The number of hydrogen-bond donors (Lipinski definition) is 3. The molecule has 0 aromatic heterocycles. The number of rotatable bonds is 45. The van der Waals surface area contributed by atoms with E-state index in [4.69, 9.17) is 9.05 Å². The van der Waals surface area contributed by atoms with Gasteiger partial charge in [-0.25, -0.2) is 4.57 Å². The Hall–Kier alpha value is -1.54. The molecular weight excluding hydrogens is 768 g/mol. The zero-order valence-electron chi connectivity index (χ0n) is 39.9. The maximum Gasteiger partial charge on any atom is 0.472 e. The van der Waals surface area contributed by atoms with Gasteiger partial charge in [0.1, 0.15) is 13.2 Å². The lowest BCUT2D eigenvalue weighted by Gasteiger charge is -2.25. The molecule has 352 valence electrons. The van der Waals surface area contributed by atoms with Crippen LogP contribution in [0, 0.1) is 0 Å². The predicted octanol–water partition coefficient (Wildman–Crippen LogP) is 14.4. The highest BCUT2D eigenvalue weighted by Crippen LogP contribution is 2.43. The fourth-order valence-corrected chi connectivity index (χ4v) is 7.76. The van der Waals surface area contributed by atoms with Crippen molar-refractivity contribution in [2.75, 3.05) is 40.9 Å². The normalized spacial score (nSPS) is 14.6. The third kappa shape index (κ3) is 44.5. The number of unbranched alkanes of at least 4 members (excludes halogenated alkanes) is 26. The van der Waals surface area contributed by atoms with Crippen LogP contribution in [-0.2, 0) is 18.4 Å². The van der Waals surface area contributed by atoms with E-state index < -0.39 is 20.0 Å². The minimum Gasteiger partial charge on any atom is -0.387 e. The monoisotopic (exact) mass is 866 g/mol. The first-order chi connectivity index (χ1) is 29.0. The summed E-state index contributed by atoms with van der Waals surface area (Å²) in [4.78, 5) is 23.2. The molecule has 0 aromatic rings. The van der Waals surface area contributed by atoms with Gasteiger partial charge in [0.25, 0.3) is 0 Å². The number of nitrogens with one attached hydrogen (secondary N) is 1. The number of hydrogen-bond acceptors (Lipinski definition) is 5. The second-order valence-electron chi connectivity index (χ2n) is 18.2. The van der Waals surface area contributed by atoms with Crippen molar-refractivity contribution in [3.05, 3.63) is 48.6 Å². The molecule has 0 aromatic carbocycles. The van der Waals surface area contributed by atoms with Crippen LogP contribution in [0.5, 0.6) is 0 Å². The van der Waals surface area contributed by atoms with Crippen molar-refractivity contribution in [2.45, 2.75) is 231 Å². The van der Waals surface area contributed by atoms with Crippen molar-refractivity contribution >= 4 is 13.7 Å². The minimum atomic E-state index is -4.35. The number of amides is 1. The summed E-state index contributed by atoms with van der Waals surface area (Å²) in [5, 5.41) is 13.8. The minimum absolute atomic E-state index is 0.0534. The van der Waals surface area contributed by atoms with E-state index in [-0.39, 0.29) is 19.1 Å². The van der Waals surface area contributed by atoms with Crippen molar-refractivity contribution in [3.63, 3.8) is 0 Å². The van der Waals surface area contributed by atoms with Crippen LogP contribution >= 0.6 is 7.82 Å². The molecule has 0 bridgehead atoms. The fraction of sp³-hybridized carbons (Fsp3) is 0.824. The number of carbonyl (C=O) groups excluding carboxylic acids is 1. The Kier molecular flexibility index (Phi) is 41.6. The molecule has 0 aliphatic carbocycles. The molecule has 0 aliphatic heterocycles. The van der Waals surface area contributed by atoms with Crippen LogP contribution in [0.15, 0.2) is 48.6 Å². The predicted molar refractivity (Wildman–Crippen MR) is 258 cm³/mol. The lowest BCUT2D eigenvalue weighted by atomic mass is 10.1. The smallest absolute Gasteiger partial charge is 0.387 e. The molecule has 0 saturated carbocycles. The van der Waals surface area contributed by atoms with Gasteiger partial charge in [-0.1, -0.05) is 197 Å². The molecule has 0 radical (unpaired) electrons. The molecule has 0 fully saturated rings. The first-order valence-electron chi connectivity index (χ1n) is 25.0. The van der Waals surface area contributed by atoms with Crippen LogP contribution in [0.2, 0.25) is 0 Å². The van der Waals surface area contributed by atoms with E-state index in [1.54, 1.807) is 6.08 Å². The maximum absolute atomic E-state index is 12.9. The van der Waals surface area contributed by atoms with Gasteiger partial charge in [-0.15, -0.1) is 0 Å². The van der Waals surface area contributed by atoms with Crippen LogP contribution in [0.3, 0.4) is 0 Å². The van der Waals surface area contributed by atoms with Crippen LogP contribution in [-0.4, -0.2) is 73.4 Å². The highest BCUT2D eigenvalue weighted by atomic mass is 31.2. The van der Waals surface area contributed by atoms with Crippen LogP contribution < -0.4 is 5.32 Å². The molecule has 0 rings (SSSR count). The summed E-state index contributed by atoms with van der Waals surface area (Å²) in [6.45, 7) is 4.79. The quantitative estimate of drug-likeness (QED) is 0.0244. The number of likely N-dealkylation sites (N-methyl/N-ethyl adjacent to an activating group) is 1. The Morgan fingerprint density at radius 3 is 1.43 bits per heavy atom. The van der Waals surface area contributed by atoms with E-state index >= 15 is 0 Å². The summed E-state index contributed by atoms with van der Waals surface area (Å²) in [5.74, 6) is -0.195. The fourth-order valence-electron chi connectivity index (χ4n) is 7.03. The van der Waals surface area contributed by atoms with E-state index in [9.17, 15) is 19.4 Å². The van der Waals surface area contributed by atoms with Gasteiger partial charge in [0.2, 0.25) is 5.91 Å². The molecule has 0 spiro atoms. The maximum atomic E-state index is 12.9. The zero-order valence-corrected chi connectivity index (χ0v) is 40.8. The molecule has 3 unspecified atom stereocenters. The highest BCUT2D eigenvalue weighted by Gasteiger charge is 2.27. The van der Waals surface area contributed by atoms with Gasteiger partial charge in [0.15, 0.2) is 0 Å². The Morgan fingerprint density at radius 2 is 0.967 bits per heavy atom. The van der Waals surface area contributed by atoms with E-state index in [0.29, 0.717) is 17.4 Å². The molecule has 9 heteroatoms. The Balaban J connectivity index is 4.35. The number of nitrogens with zero attached hydrogens (tertiary/aromatic N) is 1. The Bertz CT molecular complexity index is 1120.